The minimum Gasteiger partial charge on any atom is -0.488 e. The minimum absolute atomic E-state index is 0.0268. The first-order valence-corrected chi connectivity index (χ1v) is 6.24. The van der Waals surface area contributed by atoms with Crippen LogP contribution >= 0.6 is 23.2 Å². The number of nitro benzene ring substituents is 1. The van der Waals surface area contributed by atoms with Crippen molar-refractivity contribution in [3.05, 3.63) is 67.9 Å². The van der Waals surface area contributed by atoms with E-state index in [0.29, 0.717) is 0 Å². The van der Waals surface area contributed by atoms with Crippen LogP contribution in [0.3, 0.4) is 0 Å². The first-order valence-electron chi connectivity index (χ1n) is 5.48. The molecule has 2 rings (SSSR count). The van der Waals surface area contributed by atoms with E-state index < -0.39 is 10.7 Å². The number of halogens is 3. The molecule has 2 aromatic carbocycles. The fraction of sp³-hybridized carbons (Fsp3) is 0.0769. The molecule has 20 heavy (non-hydrogen) atoms. The number of hydrogen-bond donors (Lipinski definition) is 0. The summed E-state index contributed by atoms with van der Waals surface area (Å²) >= 11 is 11.5. The second-order valence-corrected chi connectivity index (χ2v) is 4.67. The van der Waals surface area contributed by atoms with Crippen LogP contribution in [0.5, 0.6) is 5.75 Å². The Labute approximate surface area is 123 Å². The van der Waals surface area contributed by atoms with Crippen molar-refractivity contribution in [1.29, 1.82) is 0 Å². The van der Waals surface area contributed by atoms with Gasteiger partial charge >= 0.3 is 0 Å². The van der Waals surface area contributed by atoms with Crippen molar-refractivity contribution in [3.8, 4) is 5.75 Å². The molecular weight excluding hydrogens is 308 g/mol. The van der Waals surface area contributed by atoms with E-state index in [2.05, 4.69) is 0 Å². The molecule has 0 aliphatic carbocycles. The van der Waals surface area contributed by atoms with Gasteiger partial charge in [-0.2, -0.15) is 0 Å². The lowest BCUT2D eigenvalue weighted by Gasteiger charge is -2.08. The highest BCUT2D eigenvalue weighted by atomic mass is 35.5. The van der Waals surface area contributed by atoms with Gasteiger partial charge in [-0.15, -0.1) is 0 Å². The Morgan fingerprint density at radius 1 is 1.20 bits per heavy atom. The van der Waals surface area contributed by atoms with Gasteiger partial charge in [0.05, 0.1) is 20.5 Å². The third-order valence-electron chi connectivity index (χ3n) is 2.57. The third kappa shape index (κ3) is 3.18. The summed E-state index contributed by atoms with van der Waals surface area (Å²) in [7, 11) is 0. The van der Waals surface area contributed by atoms with Gasteiger partial charge in [0.1, 0.15) is 18.2 Å². The van der Waals surface area contributed by atoms with Gasteiger partial charge in [0.25, 0.3) is 5.69 Å². The molecule has 0 unspecified atom stereocenters. The molecule has 0 aromatic heterocycles. The number of nitrogens with zero attached hydrogens (tertiary/aromatic N) is 1. The van der Waals surface area contributed by atoms with Gasteiger partial charge in [0, 0.05) is 12.1 Å². The molecule has 0 N–H and O–H groups in total. The molecule has 0 aliphatic rings. The van der Waals surface area contributed by atoms with Crippen LogP contribution in [0.1, 0.15) is 5.56 Å². The van der Waals surface area contributed by atoms with Crippen molar-refractivity contribution >= 4 is 28.9 Å². The van der Waals surface area contributed by atoms with Crippen LogP contribution < -0.4 is 4.74 Å². The van der Waals surface area contributed by atoms with E-state index in [1.807, 2.05) is 0 Å². The van der Waals surface area contributed by atoms with E-state index in [1.165, 1.54) is 30.3 Å². The Hall–Kier alpha value is -1.85. The normalized spacial score (nSPS) is 10.3. The molecule has 104 valence electrons. The topological polar surface area (TPSA) is 52.4 Å². The highest BCUT2D eigenvalue weighted by Crippen LogP contribution is 2.28. The van der Waals surface area contributed by atoms with Gasteiger partial charge in [-0.05, 0) is 18.2 Å². The molecule has 0 saturated carbocycles. The van der Waals surface area contributed by atoms with Crippen LogP contribution in [0.2, 0.25) is 10.0 Å². The molecule has 7 heteroatoms. The summed E-state index contributed by atoms with van der Waals surface area (Å²) in [5.41, 5.74) is 0.0847. The van der Waals surface area contributed by atoms with E-state index in [4.69, 9.17) is 27.9 Å². The van der Waals surface area contributed by atoms with Crippen LogP contribution in [0.4, 0.5) is 10.1 Å². The van der Waals surface area contributed by atoms with E-state index >= 15 is 0 Å². The molecule has 0 saturated heterocycles. The summed E-state index contributed by atoms with van der Waals surface area (Å²) in [4.78, 5) is 10.3. The molecule has 2 aromatic rings. The SMILES string of the molecule is O=[N+]([O-])c1cccc(Cl)c1COc1ccc(Cl)c(F)c1. The van der Waals surface area contributed by atoms with Crippen molar-refractivity contribution in [3.63, 3.8) is 0 Å². The monoisotopic (exact) mass is 315 g/mol. The van der Waals surface area contributed by atoms with Crippen LogP contribution in [0.25, 0.3) is 0 Å². The summed E-state index contributed by atoms with van der Waals surface area (Å²) in [6.45, 7) is -0.142. The van der Waals surface area contributed by atoms with E-state index in [1.54, 1.807) is 0 Å². The van der Waals surface area contributed by atoms with Crippen molar-refractivity contribution in [2.75, 3.05) is 0 Å². The Balaban J connectivity index is 2.22. The molecule has 0 atom stereocenters. The van der Waals surface area contributed by atoms with Crippen molar-refractivity contribution in [1.82, 2.24) is 0 Å². The first-order chi connectivity index (χ1) is 9.49. The summed E-state index contributed by atoms with van der Waals surface area (Å²) < 4.78 is 18.6. The van der Waals surface area contributed by atoms with Crippen molar-refractivity contribution in [2.24, 2.45) is 0 Å². The molecule has 0 radical (unpaired) electrons. The fourth-order valence-corrected chi connectivity index (χ4v) is 1.93. The molecule has 0 bridgehead atoms. The minimum atomic E-state index is -0.627. The summed E-state index contributed by atoms with van der Waals surface area (Å²) in [5, 5.41) is 11.1. The van der Waals surface area contributed by atoms with Crippen LogP contribution in [-0.4, -0.2) is 4.92 Å². The van der Waals surface area contributed by atoms with Gasteiger partial charge in [0.2, 0.25) is 0 Å². The number of nitro groups is 1. The maximum Gasteiger partial charge on any atom is 0.277 e. The fourth-order valence-electron chi connectivity index (χ4n) is 1.58. The highest BCUT2D eigenvalue weighted by Gasteiger charge is 2.17. The van der Waals surface area contributed by atoms with Crippen LogP contribution in [0.15, 0.2) is 36.4 Å². The molecule has 0 fully saturated rings. The third-order valence-corrected chi connectivity index (χ3v) is 3.23. The maximum atomic E-state index is 13.2. The molecular formula is C13H8Cl2FNO3. The average Bonchev–Trinajstić information content (AvgIpc) is 2.40. The molecule has 4 nitrogen and oxygen atoms in total. The predicted octanol–water partition coefficient (Wildman–Crippen LogP) is 4.62. The van der Waals surface area contributed by atoms with E-state index in [9.17, 15) is 14.5 Å². The van der Waals surface area contributed by atoms with Gasteiger partial charge in [-0.3, -0.25) is 10.1 Å². The maximum absolute atomic E-state index is 13.2. The lowest BCUT2D eigenvalue weighted by molar-refractivity contribution is -0.385. The van der Waals surface area contributed by atoms with Gasteiger partial charge in [0.15, 0.2) is 0 Å². The Kier molecular flexibility index (Phi) is 4.42. The summed E-state index contributed by atoms with van der Waals surface area (Å²) in [5.74, 6) is -0.418. The molecule has 0 spiro atoms. The number of ether oxygens (including phenoxy) is 1. The molecule has 0 heterocycles. The smallest absolute Gasteiger partial charge is 0.277 e. The highest BCUT2D eigenvalue weighted by molar-refractivity contribution is 6.31. The van der Waals surface area contributed by atoms with Crippen LogP contribution in [0, 0.1) is 15.9 Å². The zero-order chi connectivity index (χ0) is 14.7. The Bertz CT molecular complexity index is 664. The number of hydrogen-bond acceptors (Lipinski definition) is 3. The second kappa shape index (κ2) is 6.07. The Morgan fingerprint density at radius 3 is 2.60 bits per heavy atom. The van der Waals surface area contributed by atoms with E-state index in [0.717, 1.165) is 6.07 Å². The first kappa shape index (κ1) is 14.6. The van der Waals surface area contributed by atoms with Gasteiger partial charge < -0.3 is 4.74 Å². The van der Waals surface area contributed by atoms with Crippen molar-refractivity contribution < 1.29 is 14.1 Å². The van der Waals surface area contributed by atoms with E-state index in [-0.39, 0.29) is 33.7 Å². The van der Waals surface area contributed by atoms with Gasteiger partial charge in [-0.25, -0.2) is 4.39 Å². The Morgan fingerprint density at radius 2 is 1.95 bits per heavy atom. The lowest BCUT2D eigenvalue weighted by Crippen LogP contribution is -2.01. The van der Waals surface area contributed by atoms with Gasteiger partial charge in [-0.1, -0.05) is 29.3 Å². The van der Waals surface area contributed by atoms with Crippen LogP contribution in [-0.2, 0) is 6.61 Å². The standard InChI is InChI=1S/C13H8Cl2FNO3/c14-10-2-1-3-13(17(18)19)9(10)7-20-8-4-5-11(15)12(16)6-8/h1-6H,7H2. The number of benzene rings is 2. The lowest BCUT2D eigenvalue weighted by atomic mass is 10.2. The zero-order valence-corrected chi connectivity index (χ0v) is 11.5. The summed E-state index contributed by atoms with van der Waals surface area (Å²) in [6.07, 6.45) is 0. The zero-order valence-electron chi connectivity index (χ0n) is 9.98. The quantitative estimate of drug-likeness (QED) is 0.611. The molecule has 0 aliphatic heterocycles. The molecule has 0 amide bonds. The van der Waals surface area contributed by atoms with Crippen molar-refractivity contribution in [2.45, 2.75) is 6.61 Å². The summed E-state index contributed by atoms with van der Waals surface area (Å²) in [6, 6.07) is 8.24. The largest absolute Gasteiger partial charge is 0.488 e. The number of rotatable bonds is 4. The average molecular weight is 316 g/mol. The second-order valence-electron chi connectivity index (χ2n) is 3.86. The predicted molar refractivity (Wildman–Crippen MR) is 73.8 cm³/mol.